The number of ether oxygens (including phenoxy) is 1. The second-order valence-electron chi connectivity index (χ2n) is 4.13. The molecule has 19 heavy (non-hydrogen) atoms. The minimum absolute atomic E-state index is 0.0626. The molecule has 0 unspecified atom stereocenters. The van der Waals surface area contributed by atoms with Crippen LogP contribution < -0.4 is 0 Å². The summed E-state index contributed by atoms with van der Waals surface area (Å²) in [5.74, 6) is -0.965. The van der Waals surface area contributed by atoms with E-state index in [1.165, 1.54) is 23.6 Å². The van der Waals surface area contributed by atoms with Crippen LogP contribution in [0, 0.1) is 0 Å². The van der Waals surface area contributed by atoms with E-state index in [1.54, 1.807) is 0 Å². The average molecular weight is 306 g/mol. The molecule has 2 aliphatic rings. The van der Waals surface area contributed by atoms with Crippen LogP contribution in [0.1, 0.15) is 6.92 Å². The Balaban J connectivity index is 2.28. The number of esters is 1. The standard InChI is InChI=1S/C11H12ClNO5S/c1-5(15)18-3-6-4-19-11-8(12)10(17)13(11)9(6)7(16)2-14/h8,11,14H,2-4H2,1H3/t8-,11-/m0/s1. The topological polar surface area (TPSA) is 83.9 Å². The van der Waals surface area contributed by atoms with Gasteiger partial charge in [-0.1, -0.05) is 0 Å². The van der Waals surface area contributed by atoms with Gasteiger partial charge in [-0.05, 0) is 0 Å². The van der Waals surface area contributed by atoms with Crippen molar-refractivity contribution in [3.8, 4) is 0 Å². The minimum Gasteiger partial charge on any atom is -0.461 e. The molecule has 0 bridgehead atoms. The van der Waals surface area contributed by atoms with Gasteiger partial charge in [0.25, 0.3) is 0 Å². The number of halogens is 1. The van der Waals surface area contributed by atoms with Gasteiger partial charge in [-0.25, -0.2) is 0 Å². The lowest BCUT2D eigenvalue weighted by molar-refractivity contribution is -0.141. The molecule has 6 nitrogen and oxygen atoms in total. The highest BCUT2D eigenvalue weighted by Gasteiger charge is 2.52. The van der Waals surface area contributed by atoms with Gasteiger partial charge in [0.1, 0.15) is 24.0 Å². The molecule has 2 rings (SSSR count). The normalized spacial score (nSPS) is 25.8. The Morgan fingerprint density at radius 2 is 2.26 bits per heavy atom. The first-order valence-electron chi connectivity index (χ1n) is 5.55. The number of carbonyl (C=O) groups is 3. The van der Waals surface area contributed by atoms with E-state index in [0.29, 0.717) is 11.3 Å². The van der Waals surface area contributed by atoms with Crippen molar-refractivity contribution in [2.45, 2.75) is 17.7 Å². The van der Waals surface area contributed by atoms with Crippen LogP contribution in [0.15, 0.2) is 11.3 Å². The number of fused-ring (bicyclic) bond motifs is 1. The highest BCUT2D eigenvalue weighted by atomic mass is 35.5. The summed E-state index contributed by atoms with van der Waals surface area (Å²) in [7, 11) is 0. The van der Waals surface area contributed by atoms with E-state index in [9.17, 15) is 14.4 Å². The Morgan fingerprint density at radius 3 is 2.84 bits per heavy atom. The van der Waals surface area contributed by atoms with Crippen molar-refractivity contribution in [1.29, 1.82) is 0 Å². The fraction of sp³-hybridized carbons (Fsp3) is 0.545. The highest BCUT2D eigenvalue weighted by molar-refractivity contribution is 8.00. The van der Waals surface area contributed by atoms with Crippen LogP contribution in [0.5, 0.6) is 0 Å². The second kappa shape index (κ2) is 5.52. The van der Waals surface area contributed by atoms with Crippen molar-refractivity contribution < 1.29 is 24.2 Å². The second-order valence-corrected chi connectivity index (χ2v) is 5.70. The number of nitrogens with zero attached hydrogens (tertiary/aromatic N) is 1. The lowest BCUT2D eigenvalue weighted by Crippen LogP contribution is -2.63. The van der Waals surface area contributed by atoms with Crippen LogP contribution in [0.25, 0.3) is 0 Å². The number of amides is 1. The molecule has 1 N–H and O–H groups in total. The van der Waals surface area contributed by atoms with Gasteiger partial charge in [0, 0.05) is 18.2 Å². The summed E-state index contributed by atoms with van der Waals surface area (Å²) in [5, 5.41) is 8.05. The quantitative estimate of drug-likeness (QED) is 0.443. The number of aliphatic hydroxyl groups excluding tert-OH is 1. The van der Waals surface area contributed by atoms with Gasteiger partial charge in [-0.2, -0.15) is 0 Å². The molecule has 0 saturated carbocycles. The highest BCUT2D eigenvalue weighted by Crippen LogP contribution is 2.42. The number of Topliss-reactive ketones (excluding diaryl/α,β-unsaturated/α-hetero) is 1. The number of ketones is 1. The summed E-state index contributed by atoms with van der Waals surface area (Å²) >= 11 is 7.27. The van der Waals surface area contributed by atoms with Gasteiger partial charge in [0.2, 0.25) is 11.7 Å². The summed E-state index contributed by atoms with van der Waals surface area (Å²) in [6, 6.07) is 0. The van der Waals surface area contributed by atoms with E-state index < -0.39 is 23.7 Å². The number of hydrogen-bond acceptors (Lipinski definition) is 6. The van der Waals surface area contributed by atoms with E-state index in [0.717, 1.165) is 0 Å². The molecule has 2 atom stereocenters. The Bertz CT molecular complexity index is 478. The number of hydrogen-bond donors (Lipinski definition) is 1. The molecule has 104 valence electrons. The molecule has 8 heteroatoms. The number of thioether (sulfide) groups is 1. The third kappa shape index (κ3) is 2.50. The van der Waals surface area contributed by atoms with Crippen LogP contribution in [0.4, 0.5) is 0 Å². The van der Waals surface area contributed by atoms with Crippen molar-refractivity contribution in [3.63, 3.8) is 0 Å². The average Bonchev–Trinajstić information content (AvgIpc) is 2.42. The summed E-state index contributed by atoms with van der Waals surface area (Å²) in [4.78, 5) is 35.6. The first-order valence-corrected chi connectivity index (χ1v) is 7.04. The number of carbonyl (C=O) groups excluding carboxylic acids is 3. The first-order chi connectivity index (χ1) is 8.97. The van der Waals surface area contributed by atoms with Crippen molar-refractivity contribution in [2.75, 3.05) is 19.0 Å². The number of rotatable bonds is 4. The zero-order valence-corrected chi connectivity index (χ0v) is 11.7. The molecule has 2 aliphatic heterocycles. The number of aliphatic hydroxyl groups is 1. The van der Waals surface area contributed by atoms with Crippen molar-refractivity contribution >= 4 is 41.0 Å². The lowest BCUT2D eigenvalue weighted by Gasteiger charge is -2.47. The van der Waals surface area contributed by atoms with Crippen molar-refractivity contribution in [3.05, 3.63) is 11.3 Å². The Labute approximate surface area is 118 Å². The van der Waals surface area contributed by atoms with Gasteiger partial charge in [-0.15, -0.1) is 23.4 Å². The first kappa shape index (κ1) is 14.4. The predicted molar refractivity (Wildman–Crippen MR) is 68.5 cm³/mol. The van der Waals surface area contributed by atoms with Gasteiger partial charge < -0.3 is 9.84 Å². The molecule has 0 radical (unpaired) electrons. The van der Waals surface area contributed by atoms with Crippen molar-refractivity contribution in [2.24, 2.45) is 0 Å². The maximum absolute atomic E-state index is 11.8. The Hall–Kier alpha value is -1.05. The summed E-state index contributed by atoms with van der Waals surface area (Å²) < 4.78 is 4.86. The fourth-order valence-electron chi connectivity index (χ4n) is 1.96. The Morgan fingerprint density at radius 1 is 1.58 bits per heavy atom. The molecule has 1 fully saturated rings. The number of β-lactam (4-membered cyclic amide) rings is 1. The van der Waals surface area contributed by atoms with E-state index in [4.69, 9.17) is 21.4 Å². The maximum Gasteiger partial charge on any atom is 0.302 e. The zero-order valence-electron chi connectivity index (χ0n) is 10.1. The molecule has 1 saturated heterocycles. The molecule has 0 aromatic heterocycles. The number of alkyl halides is 1. The third-order valence-electron chi connectivity index (χ3n) is 2.84. The van der Waals surface area contributed by atoms with Crippen molar-refractivity contribution in [1.82, 2.24) is 4.90 Å². The molecule has 2 heterocycles. The van der Waals surface area contributed by atoms with Crippen LogP contribution in [0.2, 0.25) is 0 Å². The molecule has 0 aliphatic carbocycles. The summed E-state index contributed by atoms with van der Waals surface area (Å²) in [6.07, 6.45) is 0. The van der Waals surface area contributed by atoms with E-state index in [-0.39, 0.29) is 23.6 Å². The van der Waals surface area contributed by atoms with Gasteiger partial charge in [-0.3, -0.25) is 19.3 Å². The van der Waals surface area contributed by atoms with E-state index in [1.807, 2.05) is 0 Å². The van der Waals surface area contributed by atoms with Crippen LogP contribution >= 0.6 is 23.4 Å². The fourth-order valence-corrected chi connectivity index (χ4v) is 3.63. The van der Waals surface area contributed by atoms with E-state index >= 15 is 0 Å². The molecular formula is C11H12ClNO5S. The minimum atomic E-state index is -0.701. The van der Waals surface area contributed by atoms with Crippen LogP contribution in [-0.2, 0) is 19.1 Å². The molecular weight excluding hydrogens is 294 g/mol. The zero-order chi connectivity index (χ0) is 14.2. The monoisotopic (exact) mass is 305 g/mol. The van der Waals surface area contributed by atoms with Gasteiger partial charge in [0.15, 0.2) is 0 Å². The summed E-state index contributed by atoms with van der Waals surface area (Å²) in [5.41, 5.74) is 0.641. The summed E-state index contributed by atoms with van der Waals surface area (Å²) in [6.45, 7) is 0.496. The smallest absolute Gasteiger partial charge is 0.302 e. The predicted octanol–water partition coefficient (Wildman–Crippen LogP) is -0.113. The van der Waals surface area contributed by atoms with Gasteiger partial charge in [0.05, 0.1) is 5.70 Å². The molecule has 1 amide bonds. The Kier molecular flexibility index (Phi) is 4.17. The van der Waals surface area contributed by atoms with Gasteiger partial charge >= 0.3 is 5.97 Å². The van der Waals surface area contributed by atoms with E-state index in [2.05, 4.69) is 0 Å². The van der Waals surface area contributed by atoms with Crippen LogP contribution in [-0.4, -0.2) is 57.4 Å². The molecule has 0 aromatic rings. The largest absolute Gasteiger partial charge is 0.461 e. The molecule has 0 aromatic carbocycles. The molecule has 0 spiro atoms. The third-order valence-corrected chi connectivity index (χ3v) is 4.75. The lowest BCUT2D eigenvalue weighted by atomic mass is 10.0. The maximum atomic E-state index is 11.8. The van der Waals surface area contributed by atoms with Crippen LogP contribution in [0.3, 0.4) is 0 Å². The SMILES string of the molecule is CC(=O)OCC1=C(C(=O)CO)N2C(=O)[C@H](Cl)[C@@H]2SC1.